The van der Waals surface area contributed by atoms with Gasteiger partial charge in [-0.25, -0.2) is 8.42 Å². The molecule has 140 valence electrons. The van der Waals surface area contributed by atoms with Crippen LogP contribution in [-0.4, -0.2) is 38.9 Å². The minimum atomic E-state index is -3.87. The van der Waals surface area contributed by atoms with Crippen molar-refractivity contribution in [1.82, 2.24) is 4.90 Å². The third kappa shape index (κ3) is 4.65. The topological polar surface area (TPSA) is 57.7 Å². The van der Waals surface area contributed by atoms with Gasteiger partial charge < -0.3 is 4.90 Å². The molecule has 1 amide bonds. The Morgan fingerprint density at radius 2 is 1.65 bits per heavy atom. The number of rotatable bonds is 7. The van der Waals surface area contributed by atoms with E-state index in [0.717, 1.165) is 10.0 Å². The number of aryl methyl sites for hydroxylation is 1. The average Bonchev–Trinajstić information content (AvgIpc) is 2.61. The van der Waals surface area contributed by atoms with Crippen molar-refractivity contribution in [1.29, 1.82) is 0 Å². The number of sulfonamides is 1. The molecule has 7 heteroatoms. The first-order valence-corrected chi connectivity index (χ1v) is 10.7. The SMILES string of the molecule is CCN(CC)C(=O)CN(c1cccc(Br)c1)S(=O)(=O)c1ccc(C)cc1. The van der Waals surface area contributed by atoms with Crippen molar-refractivity contribution in [2.75, 3.05) is 23.9 Å². The fourth-order valence-electron chi connectivity index (χ4n) is 2.58. The molecule has 26 heavy (non-hydrogen) atoms. The van der Waals surface area contributed by atoms with Crippen molar-refractivity contribution >= 4 is 37.5 Å². The Balaban J connectivity index is 2.49. The van der Waals surface area contributed by atoms with Crippen LogP contribution in [0.25, 0.3) is 0 Å². The highest BCUT2D eigenvalue weighted by molar-refractivity contribution is 9.10. The van der Waals surface area contributed by atoms with Crippen LogP contribution in [0.5, 0.6) is 0 Å². The van der Waals surface area contributed by atoms with Crippen molar-refractivity contribution in [3.63, 3.8) is 0 Å². The summed E-state index contributed by atoms with van der Waals surface area (Å²) in [6.45, 7) is 6.47. The minimum Gasteiger partial charge on any atom is -0.342 e. The van der Waals surface area contributed by atoms with Gasteiger partial charge in [0.2, 0.25) is 5.91 Å². The molecule has 0 atom stereocenters. The molecule has 0 saturated heterocycles. The Kier molecular flexibility index (Phi) is 6.83. The molecule has 0 bridgehead atoms. The summed E-state index contributed by atoms with van der Waals surface area (Å²) < 4.78 is 28.4. The van der Waals surface area contributed by atoms with Crippen molar-refractivity contribution in [3.8, 4) is 0 Å². The first-order chi connectivity index (χ1) is 12.3. The van der Waals surface area contributed by atoms with Gasteiger partial charge in [-0.3, -0.25) is 9.10 Å². The zero-order valence-corrected chi connectivity index (χ0v) is 17.5. The lowest BCUT2D eigenvalue weighted by molar-refractivity contribution is -0.129. The van der Waals surface area contributed by atoms with Crippen LogP contribution >= 0.6 is 15.9 Å². The van der Waals surface area contributed by atoms with Crippen LogP contribution in [0.4, 0.5) is 5.69 Å². The smallest absolute Gasteiger partial charge is 0.264 e. The third-order valence-corrected chi connectivity index (χ3v) is 6.38. The van der Waals surface area contributed by atoms with E-state index in [9.17, 15) is 13.2 Å². The number of carbonyl (C=O) groups excluding carboxylic acids is 1. The number of hydrogen-bond acceptors (Lipinski definition) is 3. The molecule has 0 aliphatic rings. The second kappa shape index (κ2) is 8.68. The lowest BCUT2D eigenvalue weighted by atomic mass is 10.2. The first-order valence-electron chi connectivity index (χ1n) is 8.42. The number of hydrogen-bond donors (Lipinski definition) is 0. The number of carbonyl (C=O) groups is 1. The highest BCUT2D eigenvalue weighted by Gasteiger charge is 2.28. The lowest BCUT2D eigenvalue weighted by Crippen LogP contribution is -2.43. The summed E-state index contributed by atoms with van der Waals surface area (Å²) in [5, 5.41) is 0. The monoisotopic (exact) mass is 438 g/mol. The predicted molar refractivity (Wildman–Crippen MR) is 108 cm³/mol. The van der Waals surface area contributed by atoms with Gasteiger partial charge in [-0.1, -0.05) is 39.7 Å². The van der Waals surface area contributed by atoms with Crippen LogP contribution in [0.15, 0.2) is 57.9 Å². The summed E-state index contributed by atoms with van der Waals surface area (Å²) in [5.41, 5.74) is 1.41. The molecule has 0 aliphatic carbocycles. The molecular formula is C19H23BrN2O3S. The fourth-order valence-corrected chi connectivity index (χ4v) is 4.38. The third-order valence-electron chi connectivity index (χ3n) is 4.10. The van der Waals surface area contributed by atoms with Gasteiger partial charge in [-0.15, -0.1) is 0 Å². The molecule has 0 heterocycles. The number of nitrogens with zero attached hydrogens (tertiary/aromatic N) is 2. The Bertz CT molecular complexity index is 863. The summed E-state index contributed by atoms with van der Waals surface area (Å²) in [4.78, 5) is 14.4. The van der Waals surface area contributed by atoms with Gasteiger partial charge in [0.25, 0.3) is 10.0 Å². The van der Waals surface area contributed by atoms with Gasteiger partial charge in [0.1, 0.15) is 6.54 Å². The molecule has 0 fully saturated rings. The Hall–Kier alpha value is -1.86. The minimum absolute atomic E-state index is 0.162. The van der Waals surface area contributed by atoms with E-state index in [4.69, 9.17) is 0 Å². The number of amides is 1. The molecule has 2 aromatic carbocycles. The van der Waals surface area contributed by atoms with E-state index in [1.54, 1.807) is 47.4 Å². The molecule has 2 aromatic rings. The van der Waals surface area contributed by atoms with Gasteiger partial charge in [0, 0.05) is 17.6 Å². The molecule has 0 saturated carbocycles. The van der Waals surface area contributed by atoms with Gasteiger partial charge in [-0.2, -0.15) is 0 Å². The molecule has 0 radical (unpaired) electrons. The van der Waals surface area contributed by atoms with E-state index in [-0.39, 0.29) is 17.3 Å². The highest BCUT2D eigenvalue weighted by Crippen LogP contribution is 2.26. The Labute approximate surface area is 163 Å². The summed E-state index contributed by atoms with van der Waals surface area (Å²) in [6.07, 6.45) is 0. The summed E-state index contributed by atoms with van der Waals surface area (Å²) in [7, 11) is -3.87. The predicted octanol–water partition coefficient (Wildman–Crippen LogP) is 3.82. The quantitative estimate of drug-likeness (QED) is 0.659. The van der Waals surface area contributed by atoms with Crippen LogP contribution in [0, 0.1) is 6.92 Å². The van der Waals surface area contributed by atoms with Crippen molar-refractivity contribution in [2.24, 2.45) is 0 Å². The maximum absolute atomic E-state index is 13.2. The van der Waals surface area contributed by atoms with Crippen LogP contribution in [0.1, 0.15) is 19.4 Å². The van der Waals surface area contributed by atoms with Gasteiger partial charge >= 0.3 is 0 Å². The molecule has 0 unspecified atom stereocenters. The van der Waals surface area contributed by atoms with E-state index in [1.807, 2.05) is 26.8 Å². The zero-order valence-electron chi connectivity index (χ0n) is 15.1. The van der Waals surface area contributed by atoms with E-state index >= 15 is 0 Å². The molecule has 2 rings (SSSR count). The van der Waals surface area contributed by atoms with Crippen LogP contribution in [0.2, 0.25) is 0 Å². The molecular weight excluding hydrogens is 416 g/mol. The largest absolute Gasteiger partial charge is 0.342 e. The second-order valence-corrected chi connectivity index (χ2v) is 8.65. The normalized spacial score (nSPS) is 11.2. The summed E-state index contributed by atoms with van der Waals surface area (Å²) >= 11 is 3.37. The average molecular weight is 439 g/mol. The number of benzene rings is 2. The standard InChI is InChI=1S/C19H23BrN2O3S/c1-4-21(5-2)19(23)14-22(17-8-6-7-16(20)13-17)26(24,25)18-11-9-15(3)10-12-18/h6-13H,4-5,14H2,1-3H3. The van der Waals surface area contributed by atoms with Crippen LogP contribution in [-0.2, 0) is 14.8 Å². The number of halogens is 1. The van der Waals surface area contributed by atoms with Crippen LogP contribution < -0.4 is 4.31 Å². The highest BCUT2D eigenvalue weighted by atomic mass is 79.9. The summed E-state index contributed by atoms with van der Waals surface area (Å²) in [6, 6.07) is 13.6. The fraction of sp³-hybridized carbons (Fsp3) is 0.316. The van der Waals surface area contributed by atoms with E-state index in [0.29, 0.717) is 18.8 Å². The molecule has 0 N–H and O–H groups in total. The Morgan fingerprint density at radius 3 is 2.19 bits per heavy atom. The van der Waals surface area contributed by atoms with Gasteiger partial charge in [0.05, 0.1) is 10.6 Å². The first kappa shape index (κ1) is 20.5. The molecule has 0 aliphatic heterocycles. The maximum atomic E-state index is 13.2. The molecule has 0 spiro atoms. The number of anilines is 1. The maximum Gasteiger partial charge on any atom is 0.264 e. The molecule has 0 aromatic heterocycles. The summed E-state index contributed by atoms with van der Waals surface area (Å²) in [5.74, 6) is -0.231. The van der Waals surface area contributed by atoms with E-state index < -0.39 is 10.0 Å². The molecule has 5 nitrogen and oxygen atoms in total. The van der Waals surface area contributed by atoms with Gasteiger partial charge in [-0.05, 0) is 51.1 Å². The second-order valence-electron chi connectivity index (χ2n) is 5.87. The zero-order chi connectivity index (χ0) is 19.3. The van der Waals surface area contributed by atoms with Crippen molar-refractivity contribution in [3.05, 3.63) is 58.6 Å². The number of likely N-dealkylation sites (N-methyl/N-ethyl adjacent to an activating group) is 1. The van der Waals surface area contributed by atoms with E-state index in [1.165, 1.54) is 4.31 Å². The van der Waals surface area contributed by atoms with Crippen molar-refractivity contribution in [2.45, 2.75) is 25.7 Å². The Morgan fingerprint density at radius 1 is 1.04 bits per heavy atom. The lowest BCUT2D eigenvalue weighted by Gasteiger charge is -2.27. The van der Waals surface area contributed by atoms with E-state index in [2.05, 4.69) is 15.9 Å². The van der Waals surface area contributed by atoms with Gasteiger partial charge in [0.15, 0.2) is 0 Å². The van der Waals surface area contributed by atoms with Crippen LogP contribution in [0.3, 0.4) is 0 Å². The van der Waals surface area contributed by atoms with Crippen molar-refractivity contribution < 1.29 is 13.2 Å².